The van der Waals surface area contributed by atoms with Gasteiger partial charge in [-0.2, -0.15) is 0 Å². The topological polar surface area (TPSA) is 85.9 Å². The first kappa shape index (κ1) is 20.1. The van der Waals surface area contributed by atoms with Crippen LogP contribution in [0.25, 0.3) is 0 Å². The summed E-state index contributed by atoms with van der Waals surface area (Å²) in [5, 5.41) is 2.29. The van der Waals surface area contributed by atoms with Crippen molar-refractivity contribution in [1.82, 2.24) is 20.1 Å². The minimum Gasteiger partial charge on any atom is -0.367 e. The molecule has 3 amide bonds. The molecule has 5 rings (SSSR count). The zero-order chi connectivity index (χ0) is 21.5. The fourth-order valence-electron chi connectivity index (χ4n) is 4.51. The van der Waals surface area contributed by atoms with E-state index in [1.807, 2.05) is 16.6 Å². The first-order chi connectivity index (χ1) is 15.0. The molecule has 0 aliphatic carbocycles. The van der Waals surface area contributed by atoms with Gasteiger partial charge in [-0.05, 0) is 24.1 Å². The molecule has 1 aromatic heterocycles. The van der Waals surface area contributed by atoms with Gasteiger partial charge in [0.05, 0.1) is 11.2 Å². The molecule has 1 unspecified atom stereocenters. The lowest BCUT2D eigenvalue weighted by Crippen LogP contribution is -2.52. The van der Waals surface area contributed by atoms with E-state index in [0.717, 1.165) is 25.2 Å². The predicted molar refractivity (Wildman–Crippen MR) is 112 cm³/mol. The number of amides is 3. The molecule has 3 aliphatic rings. The van der Waals surface area contributed by atoms with Gasteiger partial charge in [-0.15, -0.1) is 11.3 Å². The zero-order valence-corrected chi connectivity index (χ0v) is 17.7. The molecular formula is C21H22FN5O3S. The number of piperazine rings is 1. The van der Waals surface area contributed by atoms with Crippen LogP contribution in [0, 0.1) is 5.82 Å². The number of carbonyl (C=O) groups excluding carboxylic acids is 3. The first-order valence-corrected chi connectivity index (χ1v) is 11.2. The number of nitrogens with zero attached hydrogens (tertiary/aromatic N) is 4. The van der Waals surface area contributed by atoms with Gasteiger partial charge in [0.25, 0.3) is 5.91 Å². The van der Waals surface area contributed by atoms with E-state index in [1.165, 1.54) is 15.8 Å². The Morgan fingerprint density at radius 1 is 1.16 bits per heavy atom. The summed E-state index contributed by atoms with van der Waals surface area (Å²) in [6, 6.07) is 2.34. The summed E-state index contributed by atoms with van der Waals surface area (Å²) in [6.07, 6.45) is 2.37. The Bertz CT molecular complexity index is 1040. The number of fused-ring (bicyclic) bond motifs is 1. The number of imide groups is 1. The summed E-state index contributed by atoms with van der Waals surface area (Å²) in [6.45, 7) is 4.11. The molecule has 2 aromatic rings. The van der Waals surface area contributed by atoms with E-state index in [1.54, 1.807) is 17.4 Å². The Kier molecular flexibility index (Phi) is 5.19. The van der Waals surface area contributed by atoms with Crippen LogP contribution in [0.5, 0.6) is 0 Å². The highest BCUT2D eigenvalue weighted by molar-refractivity contribution is 7.09. The molecule has 0 saturated carbocycles. The number of halogens is 1. The van der Waals surface area contributed by atoms with Gasteiger partial charge in [-0.1, -0.05) is 0 Å². The second-order valence-electron chi connectivity index (χ2n) is 8.09. The van der Waals surface area contributed by atoms with Crippen LogP contribution in [0.2, 0.25) is 0 Å². The molecule has 1 aromatic carbocycles. The van der Waals surface area contributed by atoms with Crippen molar-refractivity contribution in [2.45, 2.75) is 32.0 Å². The zero-order valence-electron chi connectivity index (χ0n) is 16.8. The third-order valence-electron chi connectivity index (χ3n) is 6.17. The number of hydrogen-bond donors (Lipinski definition) is 1. The lowest BCUT2D eigenvalue weighted by atomic mass is 10.0. The van der Waals surface area contributed by atoms with Crippen molar-refractivity contribution >= 4 is 34.7 Å². The Morgan fingerprint density at radius 2 is 1.97 bits per heavy atom. The number of piperidine rings is 1. The average molecular weight is 444 g/mol. The number of nitrogens with one attached hydrogen (secondary N) is 1. The van der Waals surface area contributed by atoms with E-state index in [-0.39, 0.29) is 24.8 Å². The molecule has 0 bridgehead atoms. The summed E-state index contributed by atoms with van der Waals surface area (Å²) in [5.41, 5.74) is 3.34. The molecule has 162 valence electrons. The Morgan fingerprint density at radius 3 is 2.68 bits per heavy atom. The van der Waals surface area contributed by atoms with Gasteiger partial charge >= 0.3 is 0 Å². The molecule has 2 fully saturated rings. The van der Waals surface area contributed by atoms with Gasteiger partial charge in [0.2, 0.25) is 11.8 Å². The van der Waals surface area contributed by atoms with Gasteiger partial charge in [0.1, 0.15) is 11.9 Å². The molecule has 1 N–H and O–H groups in total. The molecule has 0 spiro atoms. The maximum absolute atomic E-state index is 14.9. The van der Waals surface area contributed by atoms with Crippen molar-refractivity contribution in [3.05, 3.63) is 45.7 Å². The maximum Gasteiger partial charge on any atom is 0.255 e. The fourth-order valence-corrected chi connectivity index (χ4v) is 5.14. The van der Waals surface area contributed by atoms with Crippen LogP contribution >= 0.6 is 11.3 Å². The normalized spacial score (nSPS) is 22.1. The molecule has 2 saturated heterocycles. The molecule has 4 heterocycles. The van der Waals surface area contributed by atoms with Gasteiger partial charge in [0.15, 0.2) is 0 Å². The number of rotatable bonds is 4. The third kappa shape index (κ3) is 3.81. The smallest absolute Gasteiger partial charge is 0.255 e. The number of anilines is 1. The average Bonchev–Trinajstić information content (AvgIpc) is 3.37. The van der Waals surface area contributed by atoms with Crippen molar-refractivity contribution in [1.29, 1.82) is 0 Å². The largest absolute Gasteiger partial charge is 0.367 e. The van der Waals surface area contributed by atoms with Crippen molar-refractivity contribution in [3.8, 4) is 0 Å². The molecule has 8 nitrogen and oxygen atoms in total. The van der Waals surface area contributed by atoms with Crippen LogP contribution in [0.3, 0.4) is 0 Å². The highest BCUT2D eigenvalue weighted by Crippen LogP contribution is 2.33. The summed E-state index contributed by atoms with van der Waals surface area (Å²) in [5.74, 6) is -1.57. The minimum absolute atomic E-state index is 0.196. The number of hydrogen-bond acceptors (Lipinski definition) is 7. The van der Waals surface area contributed by atoms with E-state index in [2.05, 4.69) is 15.2 Å². The van der Waals surface area contributed by atoms with E-state index in [0.29, 0.717) is 30.8 Å². The van der Waals surface area contributed by atoms with Crippen LogP contribution in [-0.2, 0) is 22.7 Å². The summed E-state index contributed by atoms with van der Waals surface area (Å²) < 4.78 is 14.9. The monoisotopic (exact) mass is 443 g/mol. The van der Waals surface area contributed by atoms with Gasteiger partial charge in [-0.25, -0.2) is 4.39 Å². The highest BCUT2D eigenvalue weighted by atomic mass is 32.1. The van der Waals surface area contributed by atoms with Crippen molar-refractivity contribution in [2.24, 2.45) is 0 Å². The van der Waals surface area contributed by atoms with E-state index < -0.39 is 17.8 Å². The number of aromatic nitrogens is 1. The van der Waals surface area contributed by atoms with Gasteiger partial charge in [-0.3, -0.25) is 29.6 Å². The van der Waals surface area contributed by atoms with Crippen molar-refractivity contribution in [3.63, 3.8) is 0 Å². The van der Waals surface area contributed by atoms with Crippen LogP contribution in [0.4, 0.5) is 10.1 Å². The van der Waals surface area contributed by atoms with E-state index in [4.69, 9.17) is 0 Å². The lowest BCUT2D eigenvalue weighted by Gasteiger charge is -2.36. The van der Waals surface area contributed by atoms with Crippen LogP contribution in [-0.4, -0.2) is 64.7 Å². The second-order valence-corrected chi connectivity index (χ2v) is 9.06. The Balaban J connectivity index is 1.29. The van der Waals surface area contributed by atoms with E-state index in [9.17, 15) is 18.8 Å². The predicted octanol–water partition coefficient (Wildman–Crippen LogP) is 1.37. The summed E-state index contributed by atoms with van der Waals surface area (Å²) >= 11 is 1.63. The lowest BCUT2D eigenvalue weighted by molar-refractivity contribution is -0.136. The summed E-state index contributed by atoms with van der Waals surface area (Å²) in [7, 11) is 0. The van der Waals surface area contributed by atoms with Crippen molar-refractivity contribution in [2.75, 3.05) is 31.1 Å². The van der Waals surface area contributed by atoms with Crippen molar-refractivity contribution < 1.29 is 18.8 Å². The SMILES string of the molecule is O=C1CCC(N2Cc3cc(N4CCN(Cc5cncs5)CC4)c(F)cc3C2=O)C(=O)N1. The standard InChI is InChI=1S/C21H22FN5O3S/c22-16-8-15-13(10-27(21(15)30)17-1-2-19(28)24-20(17)29)7-18(16)26-5-3-25(4-6-26)11-14-9-23-12-31-14/h7-9,12,17H,1-6,10-11H2,(H,24,28,29). The summed E-state index contributed by atoms with van der Waals surface area (Å²) in [4.78, 5) is 47.5. The van der Waals surface area contributed by atoms with Crippen LogP contribution in [0.15, 0.2) is 23.8 Å². The molecule has 0 radical (unpaired) electrons. The molecule has 1 atom stereocenters. The number of benzene rings is 1. The molecule has 10 heteroatoms. The van der Waals surface area contributed by atoms with Crippen LogP contribution in [0.1, 0.15) is 33.6 Å². The minimum atomic E-state index is -0.695. The van der Waals surface area contributed by atoms with Gasteiger partial charge < -0.3 is 9.80 Å². The first-order valence-electron chi connectivity index (χ1n) is 10.3. The van der Waals surface area contributed by atoms with E-state index >= 15 is 0 Å². The maximum atomic E-state index is 14.9. The van der Waals surface area contributed by atoms with Crippen LogP contribution < -0.4 is 10.2 Å². The highest BCUT2D eigenvalue weighted by Gasteiger charge is 2.39. The third-order valence-corrected chi connectivity index (χ3v) is 6.93. The Hall–Kier alpha value is -2.85. The molecule has 3 aliphatic heterocycles. The molecule has 31 heavy (non-hydrogen) atoms. The quantitative estimate of drug-likeness (QED) is 0.719. The fraction of sp³-hybridized carbons (Fsp3) is 0.429. The number of thiazole rings is 1. The number of carbonyl (C=O) groups is 3. The second kappa shape index (κ2) is 8.01. The molecular weight excluding hydrogens is 421 g/mol. The Labute approximate surface area is 182 Å². The van der Waals surface area contributed by atoms with Gasteiger partial charge in [0, 0.05) is 62.3 Å².